The molecule has 3 aromatic rings. The maximum Gasteiger partial charge on any atom is 0.244 e. The van der Waals surface area contributed by atoms with E-state index < -0.39 is 28.5 Å². The quantitative estimate of drug-likeness (QED) is 0.338. The highest BCUT2D eigenvalue weighted by Gasteiger charge is 2.33. The van der Waals surface area contributed by atoms with Crippen LogP contribution in [-0.2, 0) is 32.6 Å². The predicted molar refractivity (Wildman–Crippen MR) is 157 cm³/mol. The van der Waals surface area contributed by atoms with Crippen LogP contribution in [0.15, 0.2) is 78.9 Å². The lowest BCUT2D eigenvalue weighted by Crippen LogP contribution is -2.53. The van der Waals surface area contributed by atoms with E-state index in [0.717, 1.165) is 27.3 Å². The van der Waals surface area contributed by atoms with Crippen molar-refractivity contribution in [1.82, 2.24) is 10.2 Å². The zero-order chi connectivity index (χ0) is 28.6. The zero-order valence-corrected chi connectivity index (χ0v) is 24.4. The molecule has 0 bridgehead atoms. The molecule has 208 valence electrons. The summed E-state index contributed by atoms with van der Waals surface area (Å²) in [6.07, 6.45) is 1.33. The largest absolute Gasteiger partial charge is 0.354 e. The lowest BCUT2D eigenvalue weighted by molar-refractivity contribution is -0.140. The van der Waals surface area contributed by atoms with Crippen LogP contribution in [0.5, 0.6) is 0 Å². The third-order valence-corrected chi connectivity index (χ3v) is 7.58. The number of hydrogen-bond acceptors (Lipinski definition) is 4. The molecule has 2 amide bonds. The minimum atomic E-state index is -3.82. The molecule has 1 N–H and O–H groups in total. The van der Waals surface area contributed by atoms with Gasteiger partial charge in [0.15, 0.2) is 0 Å². The molecule has 7 nitrogen and oxygen atoms in total. The molecule has 39 heavy (non-hydrogen) atoms. The number of halogens is 1. The molecular formula is C30H36ClN3O4S. The van der Waals surface area contributed by atoms with E-state index in [-0.39, 0.29) is 24.8 Å². The molecular weight excluding hydrogens is 534 g/mol. The Kier molecular flexibility index (Phi) is 10.5. The number of benzene rings is 3. The molecule has 9 heteroatoms. The maximum absolute atomic E-state index is 14.0. The Morgan fingerprint density at radius 2 is 1.56 bits per heavy atom. The normalized spacial score (nSPS) is 12.2. The smallest absolute Gasteiger partial charge is 0.244 e. The summed E-state index contributed by atoms with van der Waals surface area (Å²) in [6.45, 7) is 6.09. The van der Waals surface area contributed by atoms with Gasteiger partial charge in [0.25, 0.3) is 0 Å². The first kappa shape index (κ1) is 30.2. The van der Waals surface area contributed by atoms with Gasteiger partial charge in [-0.15, -0.1) is 0 Å². The molecule has 1 atom stereocenters. The summed E-state index contributed by atoms with van der Waals surface area (Å²) in [4.78, 5) is 29.1. The average Bonchev–Trinajstić information content (AvgIpc) is 2.88. The van der Waals surface area contributed by atoms with Crippen molar-refractivity contribution in [2.45, 2.75) is 39.8 Å². The summed E-state index contributed by atoms with van der Waals surface area (Å²) < 4.78 is 26.6. The Bertz CT molecular complexity index is 1360. The van der Waals surface area contributed by atoms with Crippen LogP contribution in [0.2, 0.25) is 5.02 Å². The van der Waals surface area contributed by atoms with Crippen molar-refractivity contribution in [3.63, 3.8) is 0 Å². The summed E-state index contributed by atoms with van der Waals surface area (Å²) in [6, 6.07) is 22.6. The summed E-state index contributed by atoms with van der Waals surface area (Å²) in [5.74, 6) is -0.554. The molecule has 0 aliphatic rings. The Morgan fingerprint density at radius 3 is 2.15 bits per heavy atom. The number of rotatable bonds is 12. The van der Waals surface area contributed by atoms with Gasteiger partial charge >= 0.3 is 0 Å². The van der Waals surface area contributed by atoms with E-state index in [4.69, 9.17) is 11.6 Å². The number of anilines is 1. The van der Waals surface area contributed by atoms with Crippen LogP contribution in [0.1, 0.15) is 30.5 Å². The first-order valence-electron chi connectivity index (χ1n) is 12.8. The number of amides is 2. The fourth-order valence-electron chi connectivity index (χ4n) is 4.20. The Morgan fingerprint density at radius 1 is 0.923 bits per heavy atom. The second-order valence-electron chi connectivity index (χ2n) is 10.1. The number of carbonyl (C=O) groups is 2. The number of nitrogens with zero attached hydrogens (tertiary/aromatic N) is 2. The highest BCUT2D eigenvalue weighted by Crippen LogP contribution is 2.22. The Labute approximate surface area is 236 Å². The van der Waals surface area contributed by atoms with Crippen molar-refractivity contribution in [3.05, 3.63) is 101 Å². The minimum absolute atomic E-state index is 0.144. The molecule has 0 aromatic heterocycles. The van der Waals surface area contributed by atoms with Gasteiger partial charge in [-0.1, -0.05) is 85.6 Å². The summed E-state index contributed by atoms with van der Waals surface area (Å²) in [5, 5.41) is 3.43. The van der Waals surface area contributed by atoms with Crippen LogP contribution in [0.3, 0.4) is 0 Å². The lowest BCUT2D eigenvalue weighted by atomic mass is 10.0. The van der Waals surface area contributed by atoms with E-state index in [1.54, 1.807) is 24.3 Å². The second-order valence-corrected chi connectivity index (χ2v) is 12.4. The van der Waals surface area contributed by atoms with Gasteiger partial charge in [0.05, 0.1) is 11.9 Å². The third-order valence-electron chi connectivity index (χ3n) is 6.18. The van der Waals surface area contributed by atoms with E-state index in [2.05, 4.69) is 5.32 Å². The van der Waals surface area contributed by atoms with E-state index in [9.17, 15) is 18.0 Å². The number of aryl methyl sites for hydroxylation is 1. The number of nitrogens with one attached hydrogen (secondary N) is 1. The molecule has 0 aliphatic carbocycles. The predicted octanol–water partition coefficient (Wildman–Crippen LogP) is 4.83. The maximum atomic E-state index is 14.0. The van der Waals surface area contributed by atoms with Gasteiger partial charge < -0.3 is 10.2 Å². The molecule has 0 spiro atoms. The third kappa shape index (κ3) is 9.11. The van der Waals surface area contributed by atoms with Crippen molar-refractivity contribution in [1.29, 1.82) is 0 Å². The van der Waals surface area contributed by atoms with Gasteiger partial charge in [0.1, 0.15) is 12.6 Å². The number of sulfonamides is 1. The van der Waals surface area contributed by atoms with Crippen molar-refractivity contribution in [3.8, 4) is 0 Å². The number of hydrogen-bond donors (Lipinski definition) is 1. The molecule has 0 fully saturated rings. The highest BCUT2D eigenvalue weighted by atomic mass is 35.5. The summed E-state index contributed by atoms with van der Waals surface area (Å²) in [5.41, 5.74) is 3.06. The molecule has 3 aromatic carbocycles. The van der Waals surface area contributed by atoms with Gasteiger partial charge in [0, 0.05) is 24.5 Å². The van der Waals surface area contributed by atoms with Crippen molar-refractivity contribution in [2.24, 2.45) is 5.92 Å². The van der Waals surface area contributed by atoms with Gasteiger partial charge in [0.2, 0.25) is 21.8 Å². The van der Waals surface area contributed by atoms with Crippen LogP contribution < -0.4 is 9.62 Å². The fraction of sp³-hybridized carbons (Fsp3) is 0.333. The molecule has 0 heterocycles. The van der Waals surface area contributed by atoms with E-state index in [1.807, 2.05) is 75.4 Å². The Balaban J connectivity index is 2.04. The zero-order valence-electron chi connectivity index (χ0n) is 22.8. The first-order chi connectivity index (χ1) is 18.4. The van der Waals surface area contributed by atoms with Gasteiger partial charge in [-0.05, 0) is 48.2 Å². The van der Waals surface area contributed by atoms with Gasteiger partial charge in [-0.25, -0.2) is 8.42 Å². The Hall–Kier alpha value is -3.36. The average molecular weight is 570 g/mol. The van der Waals surface area contributed by atoms with Crippen molar-refractivity contribution >= 4 is 39.1 Å². The monoisotopic (exact) mass is 569 g/mol. The van der Waals surface area contributed by atoms with E-state index in [1.165, 1.54) is 4.90 Å². The van der Waals surface area contributed by atoms with Crippen LogP contribution in [-0.4, -0.2) is 50.5 Å². The topological polar surface area (TPSA) is 86.8 Å². The SMILES string of the molecule is Cc1cccc(CN(C(=O)CN(c2ccc(Cl)cc2)S(C)(=O)=O)[C@H](Cc2ccccc2)C(=O)NCC(C)C)c1. The van der Waals surface area contributed by atoms with Gasteiger partial charge in [-0.3, -0.25) is 13.9 Å². The molecule has 0 saturated heterocycles. The molecule has 0 radical (unpaired) electrons. The first-order valence-corrected chi connectivity index (χ1v) is 15.1. The van der Waals surface area contributed by atoms with E-state index >= 15 is 0 Å². The van der Waals surface area contributed by atoms with Crippen LogP contribution in [0, 0.1) is 12.8 Å². The van der Waals surface area contributed by atoms with Crippen molar-refractivity contribution < 1.29 is 18.0 Å². The standard InChI is InChI=1S/C30H36ClN3O4S/c1-22(2)19-32-30(36)28(18-24-10-6-5-7-11-24)33(20-25-12-8-9-23(3)17-25)29(35)21-34(39(4,37)38)27-15-13-26(31)14-16-27/h5-17,22,28H,18-21H2,1-4H3,(H,32,36)/t28-/m1/s1. The summed E-state index contributed by atoms with van der Waals surface area (Å²) in [7, 11) is -3.82. The van der Waals surface area contributed by atoms with Crippen LogP contribution >= 0.6 is 11.6 Å². The highest BCUT2D eigenvalue weighted by molar-refractivity contribution is 7.92. The van der Waals surface area contributed by atoms with Crippen LogP contribution in [0.4, 0.5) is 5.69 Å². The second kappa shape index (κ2) is 13.6. The number of carbonyl (C=O) groups excluding carboxylic acids is 2. The molecule has 0 unspecified atom stereocenters. The lowest BCUT2D eigenvalue weighted by Gasteiger charge is -2.33. The fourth-order valence-corrected chi connectivity index (χ4v) is 5.18. The minimum Gasteiger partial charge on any atom is -0.354 e. The van der Waals surface area contributed by atoms with E-state index in [0.29, 0.717) is 17.3 Å². The summed E-state index contributed by atoms with van der Waals surface area (Å²) >= 11 is 6.01. The molecule has 0 aliphatic heterocycles. The van der Waals surface area contributed by atoms with Crippen molar-refractivity contribution in [2.75, 3.05) is 23.7 Å². The van der Waals surface area contributed by atoms with Gasteiger partial charge in [-0.2, -0.15) is 0 Å². The molecule has 0 saturated carbocycles. The molecule has 3 rings (SSSR count). The van der Waals surface area contributed by atoms with Crippen LogP contribution in [0.25, 0.3) is 0 Å².